The molecule has 0 spiro atoms. The first-order valence-corrected chi connectivity index (χ1v) is 7.80. The van der Waals surface area contributed by atoms with Crippen LogP contribution in [0.1, 0.15) is 43.4 Å². The highest BCUT2D eigenvalue weighted by molar-refractivity contribution is 6.30. The molecule has 3 rings (SSSR count). The van der Waals surface area contributed by atoms with Crippen LogP contribution in [0.5, 0.6) is 5.75 Å². The fourth-order valence-corrected chi connectivity index (χ4v) is 3.48. The van der Waals surface area contributed by atoms with Gasteiger partial charge in [-0.25, -0.2) is 0 Å². The van der Waals surface area contributed by atoms with E-state index in [1.165, 1.54) is 0 Å². The number of fused-ring (bicyclic) bond motifs is 1. The summed E-state index contributed by atoms with van der Waals surface area (Å²) in [6.45, 7) is 3.48. The molecule has 0 aromatic heterocycles. The molecule has 1 aromatic carbocycles. The minimum atomic E-state index is -0.492. The normalized spacial score (nSPS) is 25.8. The van der Waals surface area contributed by atoms with Gasteiger partial charge in [-0.2, -0.15) is 0 Å². The minimum absolute atomic E-state index is 0.388. The van der Waals surface area contributed by atoms with E-state index in [0.717, 1.165) is 49.2 Å². The number of ether oxygens (including phenoxy) is 2. The van der Waals surface area contributed by atoms with Gasteiger partial charge in [0, 0.05) is 23.6 Å². The number of hydrogen-bond donors (Lipinski definition) is 1. The SMILES string of the molecule is CCOC1CC(CC(O)c2cc(Cl)cc3c2OCC3)C1. The van der Waals surface area contributed by atoms with Gasteiger partial charge in [-0.1, -0.05) is 11.6 Å². The van der Waals surface area contributed by atoms with Gasteiger partial charge >= 0.3 is 0 Å². The van der Waals surface area contributed by atoms with Crippen molar-refractivity contribution in [2.45, 2.75) is 44.8 Å². The summed E-state index contributed by atoms with van der Waals surface area (Å²) in [7, 11) is 0. The molecule has 0 bridgehead atoms. The first-order valence-electron chi connectivity index (χ1n) is 7.42. The quantitative estimate of drug-likeness (QED) is 0.903. The molecule has 1 aliphatic heterocycles. The number of aliphatic hydroxyl groups excluding tert-OH is 1. The highest BCUT2D eigenvalue weighted by Crippen LogP contribution is 2.42. The molecule has 2 aliphatic rings. The third-order valence-corrected chi connectivity index (χ3v) is 4.51. The van der Waals surface area contributed by atoms with E-state index in [9.17, 15) is 5.11 Å². The van der Waals surface area contributed by atoms with Crippen molar-refractivity contribution in [3.05, 3.63) is 28.3 Å². The van der Waals surface area contributed by atoms with Gasteiger partial charge in [-0.05, 0) is 49.8 Å². The molecule has 3 nitrogen and oxygen atoms in total. The molecular weight excluding hydrogens is 276 g/mol. The predicted octanol–water partition coefficient (Wildman–Crippen LogP) is 3.51. The van der Waals surface area contributed by atoms with Crippen molar-refractivity contribution >= 4 is 11.6 Å². The highest BCUT2D eigenvalue weighted by Gasteiger charge is 2.32. The van der Waals surface area contributed by atoms with Gasteiger partial charge in [0.05, 0.1) is 18.8 Å². The Morgan fingerprint density at radius 1 is 1.45 bits per heavy atom. The van der Waals surface area contributed by atoms with Crippen LogP contribution >= 0.6 is 11.6 Å². The van der Waals surface area contributed by atoms with Crippen molar-refractivity contribution in [1.29, 1.82) is 0 Å². The van der Waals surface area contributed by atoms with Crippen molar-refractivity contribution in [3.8, 4) is 5.75 Å². The molecule has 1 aromatic rings. The van der Waals surface area contributed by atoms with Crippen LogP contribution in [-0.4, -0.2) is 24.4 Å². The Hall–Kier alpha value is -0.770. The van der Waals surface area contributed by atoms with Gasteiger partial charge in [-0.15, -0.1) is 0 Å². The molecule has 0 radical (unpaired) electrons. The first kappa shape index (κ1) is 14.2. The lowest BCUT2D eigenvalue weighted by Gasteiger charge is -2.36. The van der Waals surface area contributed by atoms with Gasteiger partial charge in [0.25, 0.3) is 0 Å². The van der Waals surface area contributed by atoms with Crippen molar-refractivity contribution < 1.29 is 14.6 Å². The Kier molecular flexibility index (Phi) is 4.20. The predicted molar refractivity (Wildman–Crippen MR) is 78.4 cm³/mol. The van der Waals surface area contributed by atoms with E-state index < -0.39 is 6.10 Å². The Balaban J connectivity index is 1.65. The lowest BCUT2D eigenvalue weighted by molar-refractivity contribution is -0.0381. The van der Waals surface area contributed by atoms with Crippen LogP contribution in [0.3, 0.4) is 0 Å². The van der Waals surface area contributed by atoms with Crippen LogP contribution in [0.4, 0.5) is 0 Å². The minimum Gasteiger partial charge on any atom is -0.493 e. The second-order valence-corrected chi connectivity index (χ2v) is 6.18. The third kappa shape index (κ3) is 2.80. The molecule has 1 saturated carbocycles. The van der Waals surface area contributed by atoms with E-state index in [-0.39, 0.29) is 0 Å². The van der Waals surface area contributed by atoms with Gasteiger partial charge < -0.3 is 14.6 Å². The lowest BCUT2D eigenvalue weighted by atomic mass is 9.77. The second kappa shape index (κ2) is 5.92. The summed E-state index contributed by atoms with van der Waals surface area (Å²) in [4.78, 5) is 0. The molecular formula is C16H21ClO3. The van der Waals surface area contributed by atoms with E-state index in [1.807, 2.05) is 19.1 Å². The summed E-state index contributed by atoms with van der Waals surface area (Å²) in [6.07, 6.45) is 3.64. The Morgan fingerprint density at radius 3 is 3.00 bits per heavy atom. The first-order chi connectivity index (χ1) is 9.67. The highest BCUT2D eigenvalue weighted by atomic mass is 35.5. The summed E-state index contributed by atoms with van der Waals surface area (Å²) in [5.74, 6) is 1.39. The van der Waals surface area contributed by atoms with E-state index in [0.29, 0.717) is 23.7 Å². The topological polar surface area (TPSA) is 38.7 Å². The molecule has 20 heavy (non-hydrogen) atoms. The molecule has 4 heteroatoms. The Labute approximate surface area is 124 Å². The Bertz CT molecular complexity index is 483. The van der Waals surface area contributed by atoms with Crippen molar-refractivity contribution in [3.63, 3.8) is 0 Å². The van der Waals surface area contributed by atoms with Crippen LogP contribution in [0.15, 0.2) is 12.1 Å². The van der Waals surface area contributed by atoms with E-state index >= 15 is 0 Å². The fraction of sp³-hybridized carbons (Fsp3) is 0.625. The van der Waals surface area contributed by atoms with Crippen molar-refractivity contribution in [2.75, 3.05) is 13.2 Å². The summed E-state index contributed by atoms with van der Waals surface area (Å²) in [5, 5.41) is 11.2. The average Bonchev–Trinajstić information content (AvgIpc) is 2.83. The van der Waals surface area contributed by atoms with Gasteiger partial charge in [0.1, 0.15) is 5.75 Å². The summed E-state index contributed by atoms with van der Waals surface area (Å²) >= 11 is 6.13. The van der Waals surface area contributed by atoms with Crippen molar-refractivity contribution in [1.82, 2.24) is 0 Å². The van der Waals surface area contributed by atoms with Crippen LogP contribution in [-0.2, 0) is 11.2 Å². The zero-order chi connectivity index (χ0) is 14.1. The average molecular weight is 297 g/mol. The summed E-state index contributed by atoms with van der Waals surface area (Å²) in [5.41, 5.74) is 1.97. The van der Waals surface area contributed by atoms with Crippen LogP contribution < -0.4 is 4.74 Å². The summed E-state index contributed by atoms with van der Waals surface area (Å²) < 4.78 is 11.2. The lowest BCUT2D eigenvalue weighted by Crippen LogP contribution is -2.32. The Morgan fingerprint density at radius 2 is 2.25 bits per heavy atom. The van der Waals surface area contributed by atoms with E-state index in [4.69, 9.17) is 21.1 Å². The number of rotatable bonds is 5. The van der Waals surface area contributed by atoms with E-state index in [2.05, 4.69) is 0 Å². The van der Waals surface area contributed by atoms with Crippen LogP contribution in [0.25, 0.3) is 0 Å². The van der Waals surface area contributed by atoms with Gasteiger partial charge in [-0.3, -0.25) is 0 Å². The maximum absolute atomic E-state index is 10.5. The monoisotopic (exact) mass is 296 g/mol. The number of halogens is 1. The second-order valence-electron chi connectivity index (χ2n) is 5.75. The number of hydrogen-bond acceptors (Lipinski definition) is 3. The largest absolute Gasteiger partial charge is 0.493 e. The maximum Gasteiger partial charge on any atom is 0.128 e. The van der Waals surface area contributed by atoms with Crippen molar-refractivity contribution in [2.24, 2.45) is 5.92 Å². The molecule has 1 heterocycles. The molecule has 0 saturated heterocycles. The van der Waals surface area contributed by atoms with Crippen LogP contribution in [0, 0.1) is 5.92 Å². The third-order valence-electron chi connectivity index (χ3n) is 4.29. The molecule has 0 amide bonds. The smallest absolute Gasteiger partial charge is 0.128 e. The molecule has 1 atom stereocenters. The fourth-order valence-electron chi connectivity index (χ4n) is 3.23. The molecule has 110 valence electrons. The van der Waals surface area contributed by atoms with Gasteiger partial charge in [0.2, 0.25) is 0 Å². The molecule has 1 fully saturated rings. The van der Waals surface area contributed by atoms with Gasteiger partial charge in [0.15, 0.2) is 0 Å². The van der Waals surface area contributed by atoms with Crippen LogP contribution in [0.2, 0.25) is 5.02 Å². The maximum atomic E-state index is 10.5. The standard InChI is InChI=1S/C16H21ClO3/c1-2-19-13-5-10(6-13)7-15(18)14-9-12(17)8-11-3-4-20-16(11)14/h8-10,13,15,18H,2-7H2,1H3. The zero-order valence-corrected chi connectivity index (χ0v) is 12.5. The molecule has 1 aliphatic carbocycles. The summed E-state index contributed by atoms with van der Waals surface area (Å²) in [6, 6.07) is 3.78. The van der Waals surface area contributed by atoms with E-state index in [1.54, 1.807) is 0 Å². The zero-order valence-electron chi connectivity index (χ0n) is 11.8. The molecule has 1 unspecified atom stereocenters. The number of aliphatic hydroxyl groups is 1. The molecule has 1 N–H and O–H groups in total. The number of benzene rings is 1.